The smallest absolute Gasteiger partial charge is 0.228 e. The molecule has 142 valence electrons. The van der Waals surface area contributed by atoms with Crippen molar-refractivity contribution in [3.05, 3.63) is 23.4 Å². The molecular formula is C19H24N6O2. The van der Waals surface area contributed by atoms with Crippen molar-refractivity contribution in [2.75, 3.05) is 61.6 Å². The van der Waals surface area contributed by atoms with Gasteiger partial charge in [0, 0.05) is 43.4 Å². The minimum atomic E-state index is 0.337. The van der Waals surface area contributed by atoms with E-state index in [1.165, 1.54) is 5.56 Å². The Morgan fingerprint density at radius 1 is 1.11 bits per heavy atom. The highest BCUT2D eigenvalue weighted by Gasteiger charge is 2.36. The first-order valence-corrected chi connectivity index (χ1v) is 9.51. The van der Waals surface area contributed by atoms with Gasteiger partial charge in [0.2, 0.25) is 5.95 Å². The van der Waals surface area contributed by atoms with Crippen molar-refractivity contribution in [3.8, 4) is 11.3 Å². The number of morpholine rings is 2. The van der Waals surface area contributed by atoms with Gasteiger partial charge in [-0.25, -0.2) is 9.97 Å². The Morgan fingerprint density at radius 2 is 1.93 bits per heavy atom. The lowest BCUT2D eigenvalue weighted by Crippen LogP contribution is -2.43. The van der Waals surface area contributed by atoms with Crippen LogP contribution in [0, 0.1) is 6.92 Å². The Labute approximate surface area is 158 Å². The van der Waals surface area contributed by atoms with E-state index in [2.05, 4.69) is 21.7 Å². The molecule has 3 aliphatic rings. The third-order valence-electron chi connectivity index (χ3n) is 5.59. The lowest BCUT2D eigenvalue weighted by molar-refractivity contribution is 0.0974. The fourth-order valence-electron chi connectivity index (χ4n) is 4.18. The second-order valence-electron chi connectivity index (χ2n) is 7.32. The molecule has 0 saturated carbocycles. The summed E-state index contributed by atoms with van der Waals surface area (Å²) >= 11 is 0. The van der Waals surface area contributed by atoms with E-state index >= 15 is 0 Å². The molecule has 0 amide bonds. The summed E-state index contributed by atoms with van der Waals surface area (Å²) in [5.74, 6) is 2.35. The van der Waals surface area contributed by atoms with E-state index in [0.717, 1.165) is 67.9 Å². The Kier molecular flexibility index (Phi) is 4.09. The summed E-state index contributed by atoms with van der Waals surface area (Å²) in [6, 6.07) is 2.24. The van der Waals surface area contributed by atoms with Gasteiger partial charge in [0.05, 0.1) is 38.2 Å². The van der Waals surface area contributed by atoms with Gasteiger partial charge in [-0.3, -0.25) is 0 Å². The van der Waals surface area contributed by atoms with Gasteiger partial charge in [-0.05, 0) is 18.6 Å². The largest absolute Gasteiger partial charge is 0.384 e. The first-order chi connectivity index (χ1) is 13.2. The quantitative estimate of drug-likeness (QED) is 0.841. The zero-order valence-electron chi connectivity index (χ0n) is 15.5. The summed E-state index contributed by atoms with van der Waals surface area (Å²) in [5, 5.41) is 0. The van der Waals surface area contributed by atoms with Gasteiger partial charge >= 0.3 is 0 Å². The molecule has 3 aliphatic heterocycles. The molecule has 8 nitrogen and oxygen atoms in total. The molecule has 1 atom stereocenters. The summed E-state index contributed by atoms with van der Waals surface area (Å²) in [6.07, 6.45) is 2.74. The van der Waals surface area contributed by atoms with Crippen molar-refractivity contribution in [3.63, 3.8) is 0 Å². The van der Waals surface area contributed by atoms with E-state index in [1.807, 2.05) is 12.3 Å². The summed E-state index contributed by atoms with van der Waals surface area (Å²) in [4.78, 5) is 18.9. The zero-order valence-corrected chi connectivity index (χ0v) is 15.5. The highest BCUT2D eigenvalue weighted by molar-refractivity contribution is 5.75. The third kappa shape index (κ3) is 2.89. The second kappa shape index (κ2) is 6.61. The van der Waals surface area contributed by atoms with E-state index in [1.54, 1.807) is 0 Å². The number of anilines is 3. The summed E-state index contributed by atoms with van der Waals surface area (Å²) in [5.41, 5.74) is 10.1. The van der Waals surface area contributed by atoms with E-state index in [0.29, 0.717) is 25.1 Å². The summed E-state index contributed by atoms with van der Waals surface area (Å²) in [6.45, 7) is 7.44. The van der Waals surface area contributed by atoms with Crippen molar-refractivity contribution in [2.45, 2.75) is 19.4 Å². The van der Waals surface area contributed by atoms with Crippen molar-refractivity contribution in [1.82, 2.24) is 15.0 Å². The Bertz CT molecular complexity index is 868. The molecule has 2 aromatic heterocycles. The van der Waals surface area contributed by atoms with E-state index < -0.39 is 0 Å². The fraction of sp³-hybridized carbons (Fsp3) is 0.526. The average Bonchev–Trinajstić information content (AvgIpc) is 3.07. The number of nitrogens with zero attached hydrogens (tertiary/aromatic N) is 5. The number of hydrogen-bond donors (Lipinski definition) is 1. The van der Waals surface area contributed by atoms with Crippen LogP contribution in [-0.4, -0.2) is 67.1 Å². The van der Waals surface area contributed by atoms with Gasteiger partial charge in [-0.2, -0.15) is 4.98 Å². The van der Waals surface area contributed by atoms with Crippen LogP contribution in [0.15, 0.2) is 12.3 Å². The second-order valence-corrected chi connectivity index (χ2v) is 7.32. The number of aromatic nitrogens is 3. The molecule has 2 aromatic rings. The van der Waals surface area contributed by atoms with Crippen molar-refractivity contribution < 1.29 is 9.47 Å². The highest BCUT2D eigenvalue weighted by Crippen LogP contribution is 2.39. The normalized spacial score (nSPS) is 21.9. The molecule has 1 unspecified atom stereocenters. The van der Waals surface area contributed by atoms with Gasteiger partial charge in [-0.1, -0.05) is 0 Å². The number of ether oxygens (including phenoxy) is 2. The number of nitrogens with two attached hydrogens (primary N) is 1. The summed E-state index contributed by atoms with van der Waals surface area (Å²) < 4.78 is 11.2. The van der Waals surface area contributed by atoms with Gasteiger partial charge in [-0.15, -0.1) is 0 Å². The first-order valence-electron chi connectivity index (χ1n) is 9.51. The standard InChI is InChI=1S/C19H24N6O2/c1-12-8-16(20)21-10-15(12)17-14-9-13-11-27-7-4-25(13)18(14)23-19(22-17)24-2-5-26-6-3-24/h8,10,13H,2-7,9,11H2,1H3,(H2,20,21). The van der Waals surface area contributed by atoms with Gasteiger partial charge in [0.1, 0.15) is 11.6 Å². The predicted molar refractivity (Wildman–Crippen MR) is 103 cm³/mol. The molecule has 0 aliphatic carbocycles. The molecule has 5 heterocycles. The van der Waals surface area contributed by atoms with E-state index in [9.17, 15) is 0 Å². The summed E-state index contributed by atoms with van der Waals surface area (Å²) in [7, 11) is 0. The van der Waals surface area contributed by atoms with Crippen LogP contribution < -0.4 is 15.5 Å². The van der Waals surface area contributed by atoms with Crippen LogP contribution >= 0.6 is 0 Å². The average molecular weight is 368 g/mol. The number of nitrogen functional groups attached to an aromatic ring is 1. The third-order valence-corrected chi connectivity index (χ3v) is 5.59. The Hall–Kier alpha value is -2.45. The molecule has 2 N–H and O–H groups in total. The lowest BCUT2D eigenvalue weighted by Gasteiger charge is -2.32. The molecule has 8 heteroatoms. The molecule has 5 rings (SSSR count). The molecule has 0 spiro atoms. The van der Waals surface area contributed by atoms with Crippen LogP contribution in [0.4, 0.5) is 17.6 Å². The van der Waals surface area contributed by atoms with E-state index in [-0.39, 0.29) is 0 Å². The topological polar surface area (TPSA) is 89.6 Å². The molecular weight excluding hydrogens is 344 g/mol. The fourth-order valence-corrected chi connectivity index (χ4v) is 4.18. The molecule has 0 aromatic carbocycles. The molecule has 0 bridgehead atoms. The minimum Gasteiger partial charge on any atom is -0.384 e. The van der Waals surface area contributed by atoms with Crippen LogP contribution in [0.2, 0.25) is 0 Å². The monoisotopic (exact) mass is 368 g/mol. The number of aryl methyl sites for hydroxylation is 1. The zero-order chi connectivity index (χ0) is 18.4. The molecule has 27 heavy (non-hydrogen) atoms. The number of rotatable bonds is 2. The minimum absolute atomic E-state index is 0.337. The number of hydrogen-bond acceptors (Lipinski definition) is 8. The van der Waals surface area contributed by atoms with Crippen LogP contribution in [0.25, 0.3) is 11.3 Å². The number of pyridine rings is 1. The SMILES string of the molecule is Cc1cc(N)ncc1-c1nc(N2CCOCC2)nc2c1CC1COCCN21. The maximum absolute atomic E-state index is 5.87. The Morgan fingerprint density at radius 3 is 2.74 bits per heavy atom. The first kappa shape index (κ1) is 16.7. The van der Waals surface area contributed by atoms with E-state index in [4.69, 9.17) is 25.2 Å². The maximum atomic E-state index is 5.87. The number of fused-ring (bicyclic) bond motifs is 3. The highest BCUT2D eigenvalue weighted by atomic mass is 16.5. The van der Waals surface area contributed by atoms with Gasteiger partial charge in [0.15, 0.2) is 0 Å². The van der Waals surface area contributed by atoms with Crippen molar-refractivity contribution in [2.24, 2.45) is 0 Å². The van der Waals surface area contributed by atoms with Crippen LogP contribution in [0.3, 0.4) is 0 Å². The molecule has 0 radical (unpaired) electrons. The van der Waals surface area contributed by atoms with Crippen LogP contribution in [0.1, 0.15) is 11.1 Å². The van der Waals surface area contributed by atoms with Crippen molar-refractivity contribution >= 4 is 17.6 Å². The van der Waals surface area contributed by atoms with Gasteiger partial charge < -0.3 is 25.0 Å². The van der Waals surface area contributed by atoms with Crippen LogP contribution in [0.5, 0.6) is 0 Å². The predicted octanol–water partition coefficient (Wildman–Crippen LogP) is 1.03. The molecule has 2 fully saturated rings. The lowest BCUT2D eigenvalue weighted by atomic mass is 10.0. The molecule has 2 saturated heterocycles. The Balaban J connectivity index is 1.65. The maximum Gasteiger partial charge on any atom is 0.228 e. The van der Waals surface area contributed by atoms with Crippen LogP contribution in [-0.2, 0) is 15.9 Å². The van der Waals surface area contributed by atoms with Crippen molar-refractivity contribution in [1.29, 1.82) is 0 Å². The van der Waals surface area contributed by atoms with Gasteiger partial charge in [0.25, 0.3) is 0 Å².